The molecule has 28 heavy (non-hydrogen) atoms. The second kappa shape index (κ2) is 7.33. The van der Waals surface area contributed by atoms with E-state index in [-0.39, 0.29) is 40.9 Å². The molecule has 0 spiro atoms. The van der Waals surface area contributed by atoms with E-state index >= 15 is 0 Å². The predicted molar refractivity (Wildman–Crippen MR) is 110 cm³/mol. The van der Waals surface area contributed by atoms with Crippen molar-refractivity contribution in [3.63, 3.8) is 0 Å². The molecule has 4 rings (SSSR count). The molecule has 0 aromatic heterocycles. The van der Waals surface area contributed by atoms with Crippen LogP contribution in [-0.4, -0.2) is 42.3 Å². The molecule has 2 aromatic rings. The number of sulfone groups is 1. The highest BCUT2D eigenvalue weighted by molar-refractivity contribution is 8.16. The first-order chi connectivity index (χ1) is 13.3. The molecular weight excluding hydrogens is 399 g/mol. The lowest BCUT2D eigenvalue weighted by atomic mass is 10.1. The molecular formula is C20H19FN2O3S2. The standard InChI is InChI=1S/C20H19FN2O3S2/c1-13-4-2-3-5-16(13)23-17-11-28(25,26)12-18(17)27-20(23)22-19(24)10-14-6-8-15(21)9-7-14/h2-9,17-18H,10-12H2,1H3/t17-,18-/m0/s1. The first kappa shape index (κ1) is 19.1. The third-order valence-corrected chi connectivity index (χ3v) is 8.14. The summed E-state index contributed by atoms with van der Waals surface area (Å²) < 4.78 is 37.3. The number of fused-ring (bicyclic) bond motifs is 1. The summed E-state index contributed by atoms with van der Waals surface area (Å²) in [6.45, 7) is 1.95. The minimum absolute atomic E-state index is 0.0597. The number of carbonyl (C=O) groups is 1. The third-order valence-electron chi connectivity index (χ3n) is 4.93. The number of aryl methyl sites for hydroxylation is 1. The van der Waals surface area contributed by atoms with Crippen LogP contribution in [0.3, 0.4) is 0 Å². The van der Waals surface area contributed by atoms with Crippen molar-refractivity contribution in [3.05, 3.63) is 65.5 Å². The van der Waals surface area contributed by atoms with Gasteiger partial charge in [-0.05, 0) is 36.2 Å². The number of para-hydroxylation sites is 1. The SMILES string of the molecule is Cc1ccccc1N1C(=NC(=O)Cc2ccc(F)cc2)S[C@H]2CS(=O)(=O)C[C@@H]21. The Kier molecular flexibility index (Phi) is 5.01. The number of amides is 1. The highest BCUT2D eigenvalue weighted by Gasteiger charge is 2.49. The van der Waals surface area contributed by atoms with E-state index in [1.165, 1.54) is 23.9 Å². The van der Waals surface area contributed by atoms with Crippen molar-refractivity contribution in [3.8, 4) is 0 Å². The van der Waals surface area contributed by atoms with Crippen molar-refractivity contribution >= 4 is 38.4 Å². The minimum atomic E-state index is -3.10. The lowest BCUT2D eigenvalue weighted by Gasteiger charge is -2.26. The van der Waals surface area contributed by atoms with Crippen molar-refractivity contribution in [2.24, 2.45) is 4.99 Å². The molecule has 0 saturated carbocycles. The van der Waals surface area contributed by atoms with Gasteiger partial charge in [-0.3, -0.25) is 4.79 Å². The van der Waals surface area contributed by atoms with E-state index in [1.807, 2.05) is 36.1 Å². The number of aliphatic imine (C=N–C) groups is 1. The van der Waals surface area contributed by atoms with E-state index in [2.05, 4.69) is 4.99 Å². The van der Waals surface area contributed by atoms with Gasteiger partial charge >= 0.3 is 0 Å². The first-order valence-corrected chi connectivity index (χ1v) is 11.6. The van der Waals surface area contributed by atoms with Gasteiger partial charge in [0, 0.05) is 10.9 Å². The Morgan fingerprint density at radius 3 is 2.61 bits per heavy atom. The molecule has 8 heteroatoms. The summed E-state index contributed by atoms with van der Waals surface area (Å²) in [5.41, 5.74) is 2.55. The number of thioether (sulfide) groups is 1. The van der Waals surface area contributed by atoms with Crippen LogP contribution < -0.4 is 4.90 Å². The van der Waals surface area contributed by atoms with E-state index in [4.69, 9.17) is 0 Å². The number of amidine groups is 1. The highest BCUT2D eigenvalue weighted by atomic mass is 32.2. The molecule has 0 bridgehead atoms. The van der Waals surface area contributed by atoms with Gasteiger partial charge in [0.15, 0.2) is 15.0 Å². The fourth-order valence-electron chi connectivity index (χ4n) is 3.60. The lowest BCUT2D eigenvalue weighted by Crippen LogP contribution is -2.38. The summed E-state index contributed by atoms with van der Waals surface area (Å²) in [4.78, 5) is 18.7. The maximum atomic E-state index is 13.1. The third kappa shape index (κ3) is 3.84. The molecule has 2 saturated heterocycles. The quantitative estimate of drug-likeness (QED) is 0.767. The van der Waals surface area contributed by atoms with Gasteiger partial charge in [-0.25, -0.2) is 12.8 Å². The number of hydrogen-bond acceptors (Lipinski definition) is 4. The summed E-state index contributed by atoms with van der Waals surface area (Å²) in [7, 11) is -3.10. The minimum Gasteiger partial charge on any atom is -0.315 e. The second-order valence-electron chi connectivity index (χ2n) is 7.05. The zero-order valence-electron chi connectivity index (χ0n) is 15.2. The van der Waals surface area contributed by atoms with Crippen LogP contribution in [0.5, 0.6) is 0 Å². The van der Waals surface area contributed by atoms with Crippen LogP contribution in [0, 0.1) is 12.7 Å². The van der Waals surface area contributed by atoms with E-state index in [0.29, 0.717) is 10.7 Å². The number of carbonyl (C=O) groups excluding carboxylic acids is 1. The average molecular weight is 419 g/mol. The van der Waals surface area contributed by atoms with Gasteiger partial charge in [0.05, 0.1) is 24.0 Å². The van der Waals surface area contributed by atoms with Gasteiger partial charge in [0.2, 0.25) is 0 Å². The van der Waals surface area contributed by atoms with Crippen molar-refractivity contribution in [2.45, 2.75) is 24.6 Å². The normalized spacial score (nSPS) is 24.5. The van der Waals surface area contributed by atoms with Crippen LogP contribution in [0.2, 0.25) is 0 Å². The van der Waals surface area contributed by atoms with Crippen LogP contribution in [0.15, 0.2) is 53.5 Å². The molecule has 2 heterocycles. The summed E-state index contributed by atoms with van der Waals surface area (Å²) >= 11 is 1.35. The van der Waals surface area contributed by atoms with Crippen LogP contribution >= 0.6 is 11.8 Å². The lowest BCUT2D eigenvalue weighted by molar-refractivity contribution is -0.117. The maximum Gasteiger partial charge on any atom is 0.252 e. The Hall–Kier alpha value is -2.19. The molecule has 0 unspecified atom stereocenters. The zero-order valence-corrected chi connectivity index (χ0v) is 16.8. The summed E-state index contributed by atoms with van der Waals surface area (Å²) in [5.74, 6) is -0.538. The molecule has 0 radical (unpaired) electrons. The number of anilines is 1. The summed E-state index contributed by atoms with van der Waals surface area (Å²) in [6, 6.07) is 13.2. The van der Waals surface area contributed by atoms with Gasteiger partial charge in [0.25, 0.3) is 5.91 Å². The monoisotopic (exact) mass is 418 g/mol. The molecule has 2 aromatic carbocycles. The van der Waals surface area contributed by atoms with E-state index in [0.717, 1.165) is 11.3 Å². The van der Waals surface area contributed by atoms with Crippen LogP contribution in [-0.2, 0) is 21.1 Å². The molecule has 2 fully saturated rings. The summed E-state index contributed by atoms with van der Waals surface area (Å²) in [5, 5.41) is 0.397. The van der Waals surface area contributed by atoms with E-state index in [9.17, 15) is 17.6 Å². The molecule has 5 nitrogen and oxygen atoms in total. The van der Waals surface area contributed by atoms with Crippen molar-refractivity contribution in [1.29, 1.82) is 0 Å². The summed E-state index contributed by atoms with van der Waals surface area (Å²) in [6.07, 6.45) is 0.0690. The Labute approximate surface area is 167 Å². The van der Waals surface area contributed by atoms with Gasteiger partial charge in [0.1, 0.15) is 5.82 Å². The molecule has 146 valence electrons. The Morgan fingerprint density at radius 1 is 1.18 bits per heavy atom. The Balaban J connectivity index is 1.65. The average Bonchev–Trinajstić information content (AvgIpc) is 3.08. The molecule has 0 N–H and O–H groups in total. The smallest absolute Gasteiger partial charge is 0.252 e. The molecule has 0 aliphatic carbocycles. The van der Waals surface area contributed by atoms with Crippen molar-refractivity contribution < 1.29 is 17.6 Å². The number of nitrogens with zero attached hydrogens (tertiary/aromatic N) is 2. The van der Waals surface area contributed by atoms with Gasteiger partial charge in [-0.1, -0.05) is 42.1 Å². The van der Waals surface area contributed by atoms with E-state index in [1.54, 1.807) is 12.1 Å². The van der Waals surface area contributed by atoms with Crippen LogP contribution in [0.4, 0.5) is 10.1 Å². The molecule has 2 atom stereocenters. The fourth-order valence-corrected chi connectivity index (χ4v) is 7.53. The second-order valence-corrected chi connectivity index (χ2v) is 10.4. The first-order valence-electron chi connectivity index (χ1n) is 8.90. The molecule has 2 aliphatic rings. The van der Waals surface area contributed by atoms with Gasteiger partial charge < -0.3 is 4.90 Å². The topological polar surface area (TPSA) is 66.8 Å². The highest BCUT2D eigenvalue weighted by Crippen LogP contribution is 2.41. The molecule has 2 aliphatic heterocycles. The fraction of sp³-hybridized carbons (Fsp3) is 0.300. The predicted octanol–water partition coefficient (Wildman–Crippen LogP) is 2.98. The van der Waals surface area contributed by atoms with Gasteiger partial charge in [-0.15, -0.1) is 0 Å². The Morgan fingerprint density at radius 2 is 1.89 bits per heavy atom. The van der Waals surface area contributed by atoms with Crippen LogP contribution in [0.25, 0.3) is 0 Å². The van der Waals surface area contributed by atoms with Crippen molar-refractivity contribution in [1.82, 2.24) is 0 Å². The largest absolute Gasteiger partial charge is 0.315 e. The number of benzene rings is 2. The molecule has 1 amide bonds. The van der Waals surface area contributed by atoms with Gasteiger partial charge in [-0.2, -0.15) is 4.99 Å². The number of hydrogen-bond donors (Lipinski definition) is 0. The van der Waals surface area contributed by atoms with Crippen LogP contribution in [0.1, 0.15) is 11.1 Å². The van der Waals surface area contributed by atoms with E-state index < -0.39 is 9.84 Å². The maximum absolute atomic E-state index is 13.1. The van der Waals surface area contributed by atoms with Crippen molar-refractivity contribution in [2.75, 3.05) is 16.4 Å². The number of rotatable bonds is 3. The number of halogens is 1. The zero-order chi connectivity index (χ0) is 19.9. The Bertz CT molecular complexity index is 1050.